The van der Waals surface area contributed by atoms with Gasteiger partial charge in [0.25, 0.3) is 11.6 Å². The van der Waals surface area contributed by atoms with E-state index in [1.165, 1.54) is 0 Å². The topological polar surface area (TPSA) is 110 Å². The highest BCUT2D eigenvalue weighted by atomic mass is 32.1. The quantitative estimate of drug-likeness (QED) is 0.616. The van der Waals surface area contributed by atoms with E-state index >= 15 is 0 Å². The van der Waals surface area contributed by atoms with Gasteiger partial charge in [-0.3, -0.25) is 14.9 Å². The van der Waals surface area contributed by atoms with E-state index in [4.69, 9.17) is 5.11 Å². The number of amides is 1. The van der Waals surface area contributed by atoms with E-state index in [0.29, 0.717) is 6.54 Å². The van der Waals surface area contributed by atoms with Gasteiger partial charge in [0.2, 0.25) is 0 Å². The molecule has 1 aromatic heterocycles. The summed E-state index contributed by atoms with van der Waals surface area (Å²) in [6.07, 6.45) is 0. The molecule has 1 heterocycles. The lowest BCUT2D eigenvalue weighted by Crippen LogP contribution is -2.36. The van der Waals surface area contributed by atoms with Crippen molar-refractivity contribution in [2.45, 2.75) is 19.3 Å². The van der Waals surface area contributed by atoms with Crippen LogP contribution in [0.25, 0.3) is 0 Å². The molecule has 0 spiro atoms. The van der Waals surface area contributed by atoms with Gasteiger partial charge >= 0.3 is 5.97 Å². The number of nitro benzene ring substituents is 1. The molecule has 2 N–H and O–H groups in total. The third-order valence-corrected chi connectivity index (χ3v) is 4.75. The summed E-state index contributed by atoms with van der Waals surface area (Å²) in [7, 11) is 0. The zero-order chi connectivity index (χ0) is 17.9. The summed E-state index contributed by atoms with van der Waals surface area (Å²) >= 11 is 1.57. The summed E-state index contributed by atoms with van der Waals surface area (Å²) < 4.78 is 0. The van der Waals surface area contributed by atoms with Crippen molar-refractivity contribution in [3.63, 3.8) is 0 Å². The third-order valence-electron chi connectivity index (χ3n) is 3.52. The number of hydrogen-bond acceptors (Lipinski definition) is 5. The number of thiophene rings is 1. The lowest BCUT2D eigenvalue weighted by molar-refractivity contribution is -0.384. The van der Waals surface area contributed by atoms with Gasteiger partial charge in [-0.25, -0.2) is 4.79 Å². The molecule has 0 saturated carbocycles. The van der Waals surface area contributed by atoms with Gasteiger partial charge in [-0.15, -0.1) is 11.3 Å². The molecule has 0 saturated heterocycles. The van der Waals surface area contributed by atoms with Crippen LogP contribution in [0.4, 0.5) is 5.69 Å². The van der Waals surface area contributed by atoms with Crippen LogP contribution in [0.2, 0.25) is 0 Å². The molecule has 1 aromatic carbocycles. The first-order valence-electron chi connectivity index (χ1n) is 7.05. The van der Waals surface area contributed by atoms with Crippen LogP contribution in [-0.4, -0.2) is 28.5 Å². The summed E-state index contributed by atoms with van der Waals surface area (Å²) in [4.78, 5) is 34.6. The number of nitrogens with zero attached hydrogens (tertiary/aromatic N) is 1. The van der Waals surface area contributed by atoms with Crippen LogP contribution < -0.4 is 5.32 Å². The number of carboxylic acid groups (broad SMARTS) is 1. The number of non-ortho nitro benzene ring substituents is 1. The van der Waals surface area contributed by atoms with Crippen molar-refractivity contribution in [1.29, 1.82) is 0 Å². The lowest BCUT2D eigenvalue weighted by atomic mass is 9.91. The Morgan fingerprint density at radius 2 is 1.96 bits per heavy atom. The molecule has 0 unspecified atom stereocenters. The monoisotopic (exact) mass is 348 g/mol. The molecule has 0 aliphatic rings. The van der Waals surface area contributed by atoms with E-state index in [9.17, 15) is 19.7 Å². The molecule has 1 amide bonds. The maximum absolute atomic E-state index is 12.3. The molecule has 0 atom stereocenters. The van der Waals surface area contributed by atoms with Crippen molar-refractivity contribution < 1.29 is 19.6 Å². The van der Waals surface area contributed by atoms with Gasteiger partial charge in [0.15, 0.2) is 0 Å². The molecule has 2 aromatic rings. The van der Waals surface area contributed by atoms with Gasteiger partial charge in [-0.05, 0) is 17.5 Å². The fraction of sp³-hybridized carbons (Fsp3) is 0.250. The van der Waals surface area contributed by atoms with E-state index in [1.54, 1.807) is 11.3 Å². The van der Waals surface area contributed by atoms with Crippen LogP contribution in [0, 0.1) is 10.1 Å². The average Bonchev–Trinajstić information content (AvgIpc) is 3.07. The number of nitro groups is 1. The molecule has 0 fully saturated rings. The summed E-state index contributed by atoms with van der Waals surface area (Å²) in [6.45, 7) is 4.25. The Hall–Kier alpha value is -2.74. The molecular weight excluding hydrogens is 332 g/mol. The molecule has 126 valence electrons. The predicted octanol–water partition coefficient (Wildman–Crippen LogP) is 3.06. The Balaban J connectivity index is 2.20. The van der Waals surface area contributed by atoms with E-state index in [2.05, 4.69) is 5.32 Å². The molecule has 0 radical (unpaired) electrons. The van der Waals surface area contributed by atoms with Crippen molar-refractivity contribution in [3.8, 4) is 0 Å². The first-order chi connectivity index (χ1) is 11.2. The second-order valence-electron chi connectivity index (χ2n) is 5.87. The van der Waals surface area contributed by atoms with Crippen LogP contribution in [0.3, 0.4) is 0 Å². The molecule has 0 aliphatic heterocycles. The van der Waals surface area contributed by atoms with Gasteiger partial charge in [-0.2, -0.15) is 0 Å². The van der Waals surface area contributed by atoms with Crippen LogP contribution in [0.1, 0.15) is 39.4 Å². The Bertz CT molecular complexity index is 752. The molecule has 2 rings (SSSR count). The first kappa shape index (κ1) is 17.6. The Kier molecular flexibility index (Phi) is 4.99. The normalized spacial score (nSPS) is 11.1. The number of carbonyl (C=O) groups is 2. The number of carbonyl (C=O) groups excluding carboxylic acids is 1. The highest BCUT2D eigenvalue weighted by molar-refractivity contribution is 7.10. The van der Waals surface area contributed by atoms with Crippen LogP contribution in [-0.2, 0) is 5.41 Å². The number of nitrogens with one attached hydrogen (secondary N) is 1. The fourth-order valence-electron chi connectivity index (χ4n) is 2.13. The van der Waals surface area contributed by atoms with Crippen molar-refractivity contribution >= 4 is 28.9 Å². The molecular formula is C16H16N2O5S. The van der Waals surface area contributed by atoms with Gasteiger partial charge in [0, 0.05) is 34.5 Å². The van der Waals surface area contributed by atoms with Gasteiger partial charge in [-0.1, -0.05) is 19.9 Å². The number of carboxylic acids is 1. The fourth-order valence-corrected chi connectivity index (χ4v) is 2.98. The van der Waals surface area contributed by atoms with Crippen molar-refractivity contribution in [3.05, 3.63) is 61.8 Å². The molecule has 7 nitrogen and oxygen atoms in total. The Labute approximate surface area is 142 Å². The molecule has 24 heavy (non-hydrogen) atoms. The van der Waals surface area contributed by atoms with Crippen molar-refractivity contribution in [2.75, 3.05) is 6.54 Å². The summed E-state index contributed by atoms with van der Waals surface area (Å²) in [5.41, 5.74) is -1.09. The summed E-state index contributed by atoms with van der Waals surface area (Å²) in [5, 5.41) is 24.6. The minimum absolute atomic E-state index is 0.0522. The largest absolute Gasteiger partial charge is 0.478 e. The highest BCUT2D eigenvalue weighted by Gasteiger charge is 2.24. The zero-order valence-corrected chi connectivity index (χ0v) is 13.9. The maximum Gasteiger partial charge on any atom is 0.335 e. The number of aromatic carboxylic acids is 1. The van der Waals surface area contributed by atoms with E-state index < -0.39 is 22.5 Å². The second-order valence-corrected chi connectivity index (χ2v) is 6.82. The van der Waals surface area contributed by atoms with Crippen LogP contribution in [0.5, 0.6) is 0 Å². The molecule has 8 heteroatoms. The van der Waals surface area contributed by atoms with E-state index in [1.807, 2.05) is 31.4 Å². The van der Waals surface area contributed by atoms with E-state index in [-0.39, 0.29) is 16.5 Å². The van der Waals surface area contributed by atoms with Crippen molar-refractivity contribution in [1.82, 2.24) is 5.32 Å². The molecule has 0 bridgehead atoms. The first-order valence-corrected chi connectivity index (χ1v) is 7.93. The lowest BCUT2D eigenvalue weighted by Gasteiger charge is -2.23. The average molecular weight is 348 g/mol. The van der Waals surface area contributed by atoms with Crippen LogP contribution in [0.15, 0.2) is 35.7 Å². The van der Waals surface area contributed by atoms with E-state index in [0.717, 1.165) is 23.1 Å². The SMILES string of the molecule is CC(C)(CNC(=O)c1cc(C(=O)O)cc([N+](=O)[O-])c1)c1cccs1. The van der Waals surface area contributed by atoms with Crippen LogP contribution >= 0.6 is 11.3 Å². The predicted molar refractivity (Wildman–Crippen MR) is 89.7 cm³/mol. The van der Waals surface area contributed by atoms with Gasteiger partial charge in [0.1, 0.15) is 0 Å². The number of benzene rings is 1. The third kappa shape index (κ3) is 3.96. The molecule has 0 aliphatic carbocycles. The highest BCUT2D eigenvalue weighted by Crippen LogP contribution is 2.26. The minimum atomic E-state index is -1.33. The van der Waals surface area contributed by atoms with Gasteiger partial charge < -0.3 is 10.4 Å². The summed E-state index contributed by atoms with van der Waals surface area (Å²) in [6, 6.07) is 7.01. The van der Waals surface area contributed by atoms with Crippen molar-refractivity contribution in [2.24, 2.45) is 0 Å². The maximum atomic E-state index is 12.3. The number of rotatable bonds is 6. The zero-order valence-electron chi connectivity index (χ0n) is 13.1. The second kappa shape index (κ2) is 6.79. The minimum Gasteiger partial charge on any atom is -0.478 e. The van der Waals surface area contributed by atoms with Gasteiger partial charge in [0.05, 0.1) is 10.5 Å². The smallest absolute Gasteiger partial charge is 0.335 e. The number of hydrogen-bond donors (Lipinski definition) is 2. The Morgan fingerprint density at radius 1 is 1.29 bits per heavy atom. The summed E-state index contributed by atoms with van der Waals surface area (Å²) in [5.74, 6) is -1.88. The Morgan fingerprint density at radius 3 is 2.50 bits per heavy atom. The standard InChI is InChI=1S/C16H16N2O5S/c1-16(2,13-4-3-5-24-13)9-17-14(19)10-6-11(15(20)21)8-12(7-10)18(22)23/h3-8H,9H2,1-2H3,(H,17,19)(H,20,21).